The van der Waals surface area contributed by atoms with Crippen molar-refractivity contribution in [2.24, 2.45) is 4.99 Å². The summed E-state index contributed by atoms with van der Waals surface area (Å²) in [7, 11) is 0. The van der Waals surface area contributed by atoms with E-state index in [1.807, 2.05) is 55.5 Å². The van der Waals surface area contributed by atoms with Crippen molar-refractivity contribution in [2.75, 3.05) is 11.9 Å². The van der Waals surface area contributed by atoms with Gasteiger partial charge in [-0.3, -0.25) is 14.4 Å². The summed E-state index contributed by atoms with van der Waals surface area (Å²) in [4.78, 5) is 17.9. The highest BCUT2D eigenvalue weighted by Crippen LogP contribution is 2.29. The molecule has 4 heteroatoms. The number of hydrogen-bond donors (Lipinski definition) is 1. The van der Waals surface area contributed by atoms with E-state index in [2.05, 4.69) is 23.3 Å². The third kappa shape index (κ3) is 2.22. The van der Waals surface area contributed by atoms with Crippen LogP contribution in [0.4, 0.5) is 5.69 Å². The lowest BCUT2D eigenvalue weighted by atomic mass is 10.0. The highest BCUT2D eigenvalue weighted by atomic mass is 16.1. The van der Waals surface area contributed by atoms with Gasteiger partial charge in [0.1, 0.15) is 0 Å². The zero-order valence-electron chi connectivity index (χ0n) is 13.8. The second kappa shape index (κ2) is 5.64. The van der Waals surface area contributed by atoms with Crippen molar-refractivity contribution in [3.8, 4) is 5.69 Å². The molecule has 3 aromatic rings. The standard InChI is InChI=1S/C20H19N3O/c1-13-12-21-14(2)18-19(22-13)16-10-6-7-11-17(16)23(20(18)24)15-8-4-3-5-9-15/h3-11,13,22H,12H2,1-2H3/t13-/m1/s1. The molecule has 0 fully saturated rings. The normalized spacial score (nSPS) is 16.9. The molecule has 4 rings (SSSR count). The average Bonchev–Trinajstić information content (AvgIpc) is 2.75. The molecule has 0 spiro atoms. The number of aliphatic imine (C=N–C) groups is 1. The summed E-state index contributed by atoms with van der Waals surface area (Å²) in [5, 5.41) is 4.53. The zero-order chi connectivity index (χ0) is 16.7. The van der Waals surface area contributed by atoms with Gasteiger partial charge in [0, 0.05) is 22.8 Å². The molecule has 0 unspecified atom stereocenters. The average molecular weight is 317 g/mol. The van der Waals surface area contributed by atoms with Gasteiger partial charge in [-0.05, 0) is 32.0 Å². The van der Waals surface area contributed by atoms with Crippen molar-refractivity contribution in [1.29, 1.82) is 0 Å². The van der Waals surface area contributed by atoms with Gasteiger partial charge in [-0.2, -0.15) is 0 Å². The minimum atomic E-state index is -0.0299. The van der Waals surface area contributed by atoms with Gasteiger partial charge in [0.15, 0.2) is 0 Å². The van der Waals surface area contributed by atoms with Crippen LogP contribution in [0, 0.1) is 0 Å². The Kier molecular flexibility index (Phi) is 3.45. The number of rotatable bonds is 1. The number of para-hydroxylation sites is 2. The molecule has 0 saturated carbocycles. The Labute approximate surface area is 140 Å². The quantitative estimate of drug-likeness (QED) is 0.745. The summed E-state index contributed by atoms with van der Waals surface area (Å²) < 4.78 is 1.78. The smallest absolute Gasteiger partial charge is 0.266 e. The Morgan fingerprint density at radius 3 is 2.58 bits per heavy atom. The largest absolute Gasteiger partial charge is 0.379 e. The maximum Gasteiger partial charge on any atom is 0.266 e. The molecule has 120 valence electrons. The number of pyridine rings is 1. The summed E-state index contributed by atoms with van der Waals surface area (Å²) in [6.07, 6.45) is 0. The number of benzene rings is 2. The first-order valence-corrected chi connectivity index (χ1v) is 8.18. The van der Waals surface area contributed by atoms with E-state index in [1.165, 1.54) is 0 Å². The topological polar surface area (TPSA) is 46.4 Å². The second-order valence-corrected chi connectivity index (χ2v) is 6.21. The molecule has 1 atom stereocenters. The number of aromatic nitrogens is 1. The van der Waals surface area contributed by atoms with Crippen LogP contribution in [-0.4, -0.2) is 22.9 Å². The van der Waals surface area contributed by atoms with Crippen LogP contribution in [0.3, 0.4) is 0 Å². The summed E-state index contributed by atoms with van der Waals surface area (Å²) in [5.41, 5.74) is 4.10. The number of nitrogens with zero attached hydrogens (tertiary/aromatic N) is 2. The minimum Gasteiger partial charge on any atom is -0.379 e. The maximum absolute atomic E-state index is 13.3. The van der Waals surface area contributed by atoms with E-state index in [-0.39, 0.29) is 11.6 Å². The van der Waals surface area contributed by atoms with E-state index in [0.717, 1.165) is 28.0 Å². The molecular formula is C20H19N3O. The summed E-state index contributed by atoms with van der Waals surface area (Å²) >= 11 is 0. The molecule has 0 radical (unpaired) electrons. The van der Waals surface area contributed by atoms with E-state index in [9.17, 15) is 4.79 Å². The van der Waals surface area contributed by atoms with Gasteiger partial charge in [0.2, 0.25) is 0 Å². The summed E-state index contributed by atoms with van der Waals surface area (Å²) in [6, 6.07) is 18.0. The van der Waals surface area contributed by atoms with Gasteiger partial charge in [0.25, 0.3) is 5.56 Å². The predicted octanol–water partition coefficient (Wildman–Crippen LogP) is 3.61. The van der Waals surface area contributed by atoms with E-state index in [4.69, 9.17) is 0 Å². The monoisotopic (exact) mass is 317 g/mol. The molecule has 0 amide bonds. The summed E-state index contributed by atoms with van der Waals surface area (Å²) in [5.74, 6) is 0. The second-order valence-electron chi connectivity index (χ2n) is 6.21. The van der Waals surface area contributed by atoms with Crippen LogP contribution in [0.1, 0.15) is 19.4 Å². The van der Waals surface area contributed by atoms with Crippen molar-refractivity contribution < 1.29 is 0 Å². The van der Waals surface area contributed by atoms with Crippen molar-refractivity contribution in [3.05, 3.63) is 70.5 Å². The van der Waals surface area contributed by atoms with Crippen molar-refractivity contribution in [1.82, 2.24) is 4.57 Å². The van der Waals surface area contributed by atoms with Gasteiger partial charge in [-0.25, -0.2) is 0 Å². The van der Waals surface area contributed by atoms with Gasteiger partial charge in [-0.15, -0.1) is 0 Å². The molecule has 0 aliphatic carbocycles. The lowest BCUT2D eigenvalue weighted by Crippen LogP contribution is -2.27. The van der Waals surface area contributed by atoms with Crippen LogP contribution in [0.2, 0.25) is 0 Å². The van der Waals surface area contributed by atoms with Crippen molar-refractivity contribution in [3.63, 3.8) is 0 Å². The van der Waals surface area contributed by atoms with Crippen LogP contribution in [0.25, 0.3) is 16.6 Å². The highest BCUT2D eigenvalue weighted by molar-refractivity contribution is 6.10. The van der Waals surface area contributed by atoms with Crippen LogP contribution >= 0.6 is 0 Å². The molecule has 0 saturated heterocycles. The van der Waals surface area contributed by atoms with Gasteiger partial charge < -0.3 is 5.32 Å². The number of hydrogen-bond acceptors (Lipinski definition) is 3. The molecule has 1 aliphatic rings. The fraction of sp³-hybridized carbons (Fsp3) is 0.200. The van der Waals surface area contributed by atoms with Crippen LogP contribution in [0.15, 0.2) is 64.4 Å². The first kappa shape index (κ1) is 14.7. The molecule has 1 aromatic heterocycles. The van der Waals surface area contributed by atoms with Gasteiger partial charge in [0.05, 0.1) is 23.3 Å². The van der Waals surface area contributed by atoms with Crippen LogP contribution in [0.5, 0.6) is 0 Å². The van der Waals surface area contributed by atoms with E-state index in [0.29, 0.717) is 12.1 Å². The number of nitrogens with one attached hydrogen (secondary N) is 1. The minimum absolute atomic E-state index is 0.0299. The summed E-state index contributed by atoms with van der Waals surface area (Å²) in [6.45, 7) is 4.67. The third-order valence-electron chi connectivity index (χ3n) is 4.45. The molecule has 0 bridgehead atoms. The Morgan fingerprint density at radius 2 is 1.79 bits per heavy atom. The lowest BCUT2D eigenvalue weighted by molar-refractivity contribution is 0.812. The highest BCUT2D eigenvalue weighted by Gasteiger charge is 2.22. The fourth-order valence-electron chi connectivity index (χ4n) is 3.31. The molecule has 24 heavy (non-hydrogen) atoms. The molecule has 4 nitrogen and oxygen atoms in total. The Bertz CT molecular complexity index is 1000. The number of fused-ring (bicyclic) bond motifs is 3. The predicted molar refractivity (Wildman–Crippen MR) is 99.7 cm³/mol. The fourth-order valence-corrected chi connectivity index (χ4v) is 3.31. The molecule has 2 heterocycles. The van der Waals surface area contributed by atoms with E-state index < -0.39 is 0 Å². The molecule has 2 aromatic carbocycles. The van der Waals surface area contributed by atoms with E-state index >= 15 is 0 Å². The number of anilines is 1. The van der Waals surface area contributed by atoms with Gasteiger partial charge in [-0.1, -0.05) is 36.4 Å². The van der Waals surface area contributed by atoms with Crippen LogP contribution in [-0.2, 0) is 0 Å². The first-order valence-electron chi connectivity index (χ1n) is 8.18. The maximum atomic E-state index is 13.3. The first-order chi connectivity index (χ1) is 11.7. The third-order valence-corrected chi connectivity index (χ3v) is 4.45. The SMILES string of the molecule is CC1=NC[C@@H](C)Nc2c1c(=O)n(-c1ccccc1)c1ccccc21. The van der Waals surface area contributed by atoms with Crippen molar-refractivity contribution in [2.45, 2.75) is 19.9 Å². The molecular weight excluding hydrogens is 298 g/mol. The Morgan fingerprint density at radius 1 is 1.08 bits per heavy atom. The molecule has 1 N–H and O–H groups in total. The Hall–Kier alpha value is -2.88. The zero-order valence-corrected chi connectivity index (χ0v) is 13.8. The molecule has 1 aliphatic heterocycles. The van der Waals surface area contributed by atoms with Crippen molar-refractivity contribution >= 4 is 22.3 Å². The Balaban J connectivity index is 2.18. The lowest BCUT2D eigenvalue weighted by Gasteiger charge is -2.19. The van der Waals surface area contributed by atoms with Gasteiger partial charge >= 0.3 is 0 Å². The van der Waals surface area contributed by atoms with E-state index in [1.54, 1.807) is 4.57 Å². The van der Waals surface area contributed by atoms with Crippen LogP contribution < -0.4 is 10.9 Å².